The quantitative estimate of drug-likeness (QED) is 0.543. The Morgan fingerprint density at radius 1 is 1.10 bits per heavy atom. The summed E-state index contributed by atoms with van der Waals surface area (Å²) in [6.45, 7) is 1.43. The monoisotopic (exact) mass is 311 g/mol. The number of carbonyl (C=O) groups excluding carboxylic acids is 1. The zero-order valence-corrected chi connectivity index (χ0v) is 10.8. The molecule has 0 N–H and O–H groups in total. The average Bonchev–Trinajstić information content (AvgIpc) is 2.37. The number of rotatable bonds is 8. The van der Waals surface area contributed by atoms with E-state index < -0.39 is 18.0 Å². The van der Waals surface area contributed by atoms with E-state index in [0.29, 0.717) is 24.8 Å². The maximum atomic E-state index is 12.7. The highest BCUT2D eigenvalue weighted by Gasteiger charge is 2.61. The minimum atomic E-state index is -5.77. The molecule has 0 spiro atoms. The number of benzene rings is 1. The minimum absolute atomic E-state index is 0.172. The molecule has 0 heterocycles. The fourth-order valence-corrected chi connectivity index (χ4v) is 1.52. The van der Waals surface area contributed by atoms with Crippen molar-refractivity contribution in [3.63, 3.8) is 0 Å². The lowest BCUT2D eigenvalue weighted by molar-refractivity contribution is -0.360. The molecule has 21 heavy (non-hydrogen) atoms. The molecule has 0 aliphatic rings. The van der Waals surface area contributed by atoms with Gasteiger partial charge in [0.15, 0.2) is 0 Å². The molecule has 0 saturated heterocycles. The van der Waals surface area contributed by atoms with E-state index in [9.17, 15) is 26.7 Å². The van der Waals surface area contributed by atoms with E-state index in [1.807, 2.05) is 0 Å². The summed E-state index contributed by atoms with van der Waals surface area (Å²) in [5.74, 6) is -0.563. The summed E-state index contributed by atoms with van der Waals surface area (Å²) >= 11 is 0. The van der Waals surface area contributed by atoms with Gasteiger partial charge in [-0.1, -0.05) is 12.1 Å². The van der Waals surface area contributed by atoms with E-state index in [1.165, 1.54) is 12.5 Å². The van der Waals surface area contributed by atoms with Crippen molar-refractivity contribution in [3.05, 3.63) is 29.8 Å². The third-order valence-electron chi connectivity index (χ3n) is 2.50. The molecule has 0 fully saturated rings. The predicted molar refractivity (Wildman–Crippen MR) is 62.7 cm³/mol. The van der Waals surface area contributed by atoms with Crippen LogP contribution in [0.2, 0.25) is 0 Å². The number of halogens is 5. The van der Waals surface area contributed by atoms with Gasteiger partial charge in [0.2, 0.25) is 0 Å². The predicted octanol–water partition coefficient (Wildman–Crippen LogP) is 3.63. The number of ether oxygens (including phenoxy) is 2. The molecule has 1 rings (SSSR count). The van der Waals surface area contributed by atoms with Crippen molar-refractivity contribution < 1.29 is 36.2 Å². The second-order valence-electron chi connectivity index (χ2n) is 4.15. The maximum absolute atomic E-state index is 12.7. The zero-order valence-electron chi connectivity index (χ0n) is 10.8. The Bertz CT molecular complexity index is 459. The second-order valence-corrected chi connectivity index (χ2v) is 4.15. The van der Waals surface area contributed by atoms with Gasteiger partial charge in [0, 0.05) is 0 Å². The van der Waals surface area contributed by atoms with Gasteiger partial charge in [-0.05, 0) is 37.0 Å². The minimum Gasteiger partial charge on any atom is -0.457 e. The molecular weight excluding hydrogens is 299 g/mol. The topological polar surface area (TPSA) is 35.5 Å². The molecule has 117 valence electrons. The van der Waals surface area contributed by atoms with Gasteiger partial charge in [-0.25, -0.2) is 4.79 Å². The SMILES string of the molecule is O=[C]OCCCCc1cccc(OC(F)(F)C(F)(F)F)c1. The van der Waals surface area contributed by atoms with E-state index in [4.69, 9.17) is 0 Å². The van der Waals surface area contributed by atoms with Gasteiger partial charge in [-0.15, -0.1) is 0 Å². The normalized spacial score (nSPS) is 12.0. The van der Waals surface area contributed by atoms with E-state index >= 15 is 0 Å². The van der Waals surface area contributed by atoms with E-state index in [-0.39, 0.29) is 6.61 Å². The van der Waals surface area contributed by atoms with Gasteiger partial charge in [0.25, 0.3) is 0 Å². The molecule has 3 nitrogen and oxygen atoms in total. The van der Waals surface area contributed by atoms with Crippen LogP contribution < -0.4 is 4.74 Å². The Balaban J connectivity index is 2.58. The van der Waals surface area contributed by atoms with Crippen molar-refractivity contribution >= 4 is 6.47 Å². The van der Waals surface area contributed by atoms with Gasteiger partial charge in [0.05, 0.1) is 6.61 Å². The molecule has 0 aromatic heterocycles. The molecule has 0 aliphatic carbocycles. The van der Waals surface area contributed by atoms with Crippen molar-refractivity contribution in [2.75, 3.05) is 6.61 Å². The highest BCUT2D eigenvalue weighted by molar-refractivity contribution is 5.38. The van der Waals surface area contributed by atoms with Gasteiger partial charge in [-0.2, -0.15) is 22.0 Å². The molecule has 0 aliphatic heterocycles. The lowest BCUT2D eigenvalue weighted by atomic mass is 10.1. The number of hydrogen-bond acceptors (Lipinski definition) is 3. The van der Waals surface area contributed by atoms with Crippen LogP contribution in [0.4, 0.5) is 22.0 Å². The summed E-state index contributed by atoms with van der Waals surface area (Å²) in [6.07, 6.45) is -9.48. The molecule has 8 heteroatoms. The maximum Gasteiger partial charge on any atom is 0.499 e. The van der Waals surface area contributed by atoms with Crippen LogP contribution in [0.5, 0.6) is 5.75 Å². The van der Waals surface area contributed by atoms with Gasteiger partial charge < -0.3 is 9.47 Å². The Morgan fingerprint density at radius 2 is 1.81 bits per heavy atom. The van der Waals surface area contributed by atoms with Crippen LogP contribution in [0.3, 0.4) is 0 Å². The van der Waals surface area contributed by atoms with Crippen LogP contribution in [0.1, 0.15) is 18.4 Å². The van der Waals surface area contributed by atoms with Gasteiger partial charge in [0.1, 0.15) is 5.75 Å². The fourth-order valence-electron chi connectivity index (χ4n) is 1.52. The van der Waals surface area contributed by atoms with E-state index in [1.54, 1.807) is 6.07 Å². The Morgan fingerprint density at radius 3 is 2.43 bits per heavy atom. The van der Waals surface area contributed by atoms with Crippen LogP contribution in [0.15, 0.2) is 24.3 Å². The lowest BCUT2D eigenvalue weighted by Gasteiger charge is -2.20. The molecule has 0 bridgehead atoms. The smallest absolute Gasteiger partial charge is 0.457 e. The van der Waals surface area contributed by atoms with Gasteiger partial charge >= 0.3 is 18.8 Å². The third-order valence-corrected chi connectivity index (χ3v) is 2.50. The Hall–Kier alpha value is -1.86. The van der Waals surface area contributed by atoms with Crippen molar-refractivity contribution in [3.8, 4) is 5.75 Å². The summed E-state index contributed by atoms with van der Waals surface area (Å²) < 4.78 is 69.6. The number of alkyl halides is 5. The molecule has 1 aromatic carbocycles. The molecule has 0 amide bonds. The first-order valence-corrected chi connectivity index (χ1v) is 5.98. The standard InChI is InChI=1S/C13H12F5O3/c14-12(15,16)13(17,18)21-11-6-3-5-10(8-11)4-1-2-7-20-9-19/h3,5-6,8H,1-2,4,7H2. The second kappa shape index (κ2) is 7.24. The summed E-state index contributed by atoms with van der Waals surface area (Å²) in [4.78, 5) is 9.77. The molecule has 1 aromatic rings. The highest BCUT2D eigenvalue weighted by atomic mass is 19.4. The Labute approximate surface area is 117 Å². The number of unbranched alkanes of at least 4 members (excludes halogenated alkanes) is 1. The first-order chi connectivity index (χ1) is 9.76. The summed E-state index contributed by atoms with van der Waals surface area (Å²) in [7, 11) is 0. The summed E-state index contributed by atoms with van der Waals surface area (Å²) in [6, 6.07) is 5.04. The average molecular weight is 311 g/mol. The summed E-state index contributed by atoms with van der Waals surface area (Å²) in [5.41, 5.74) is 0.542. The van der Waals surface area contributed by atoms with Crippen LogP contribution in [0.25, 0.3) is 0 Å². The third kappa shape index (κ3) is 5.57. The van der Waals surface area contributed by atoms with E-state index in [0.717, 1.165) is 12.1 Å². The van der Waals surface area contributed by atoms with E-state index in [2.05, 4.69) is 9.47 Å². The molecule has 0 atom stereocenters. The summed E-state index contributed by atoms with van der Waals surface area (Å²) in [5, 5.41) is 0. The van der Waals surface area contributed by atoms with Crippen LogP contribution in [-0.4, -0.2) is 25.4 Å². The molecule has 0 unspecified atom stereocenters. The molecular formula is C13H12F5O3. The van der Waals surface area contributed by atoms with Crippen LogP contribution in [0, 0.1) is 0 Å². The van der Waals surface area contributed by atoms with Gasteiger partial charge in [-0.3, -0.25) is 0 Å². The van der Waals surface area contributed by atoms with Crippen molar-refractivity contribution in [1.82, 2.24) is 0 Å². The largest absolute Gasteiger partial charge is 0.499 e. The van der Waals surface area contributed by atoms with Crippen LogP contribution >= 0.6 is 0 Å². The first-order valence-electron chi connectivity index (χ1n) is 5.98. The highest BCUT2D eigenvalue weighted by Crippen LogP contribution is 2.37. The number of hydrogen-bond donors (Lipinski definition) is 0. The Kier molecular flexibility index (Phi) is 5.92. The number of aryl methyl sites for hydroxylation is 1. The first kappa shape index (κ1) is 17.2. The lowest BCUT2D eigenvalue weighted by Crippen LogP contribution is -2.41. The van der Waals surface area contributed by atoms with Crippen molar-refractivity contribution in [2.24, 2.45) is 0 Å². The van der Waals surface area contributed by atoms with Crippen LogP contribution in [-0.2, 0) is 16.0 Å². The van der Waals surface area contributed by atoms with Crippen molar-refractivity contribution in [1.29, 1.82) is 0 Å². The zero-order chi connectivity index (χ0) is 15.9. The fraction of sp³-hybridized carbons (Fsp3) is 0.462. The molecule has 0 saturated carbocycles. The van der Waals surface area contributed by atoms with Crippen molar-refractivity contribution in [2.45, 2.75) is 31.5 Å². The molecule has 1 radical (unpaired) electrons.